The van der Waals surface area contributed by atoms with Gasteiger partial charge in [-0.25, -0.2) is 4.79 Å². The molecule has 1 aromatic rings. The molecule has 13 nitrogen and oxygen atoms in total. The Morgan fingerprint density at radius 2 is 1.52 bits per heavy atom. The molecule has 0 saturated carbocycles. The van der Waals surface area contributed by atoms with Crippen LogP contribution < -0.4 is 5.32 Å². The highest BCUT2D eigenvalue weighted by atomic mass is 16.6. The molecule has 3 amide bonds. The Labute approximate surface area is 245 Å². The van der Waals surface area contributed by atoms with Crippen LogP contribution in [0.3, 0.4) is 0 Å². The highest BCUT2D eigenvalue weighted by Crippen LogP contribution is 2.19. The van der Waals surface area contributed by atoms with E-state index in [4.69, 9.17) is 18.9 Å². The second-order valence-electron chi connectivity index (χ2n) is 11.7. The molecule has 1 aromatic carbocycles. The lowest BCUT2D eigenvalue weighted by Crippen LogP contribution is -2.63. The molecule has 0 aliphatic carbocycles. The number of alkyl carbamates (subject to hydrolysis) is 1. The second-order valence-corrected chi connectivity index (χ2v) is 11.7. The van der Waals surface area contributed by atoms with Gasteiger partial charge in [-0.05, 0) is 47.1 Å². The van der Waals surface area contributed by atoms with E-state index in [0.717, 1.165) is 17.6 Å². The number of hydrogen-bond donors (Lipinski definition) is 1. The second kappa shape index (κ2) is 14.6. The molecule has 13 heteroatoms. The van der Waals surface area contributed by atoms with E-state index in [1.54, 1.807) is 65.8 Å². The lowest BCUT2D eigenvalue weighted by molar-refractivity contribution is -0.165. The molecule has 2 atom stereocenters. The van der Waals surface area contributed by atoms with E-state index in [1.165, 1.54) is 4.90 Å². The van der Waals surface area contributed by atoms with Gasteiger partial charge < -0.3 is 34.1 Å². The predicted molar refractivity (Wildman–Crippen MR) is 149 cm³/mol. The molecular formula is C29H41N3O10. The lowest BCUT2D eigenvalue weighted by atomic mass is 10.0. The van der Waals surface area contributed by atoms with Crippen LogP contribution in [-0.2, 0) is 49.5 Å². The molecule has 0 bridgehead atoms. The summed E-state index contributed by atoms with van der Waals surface area (Å²) in [6.45, 7) is 9.36. The highest BCUT2D eigenvalue weighted by Gasteiger charge is 2.43. The van der Waals surface area contributed by atoms with Gasteiger partial charge in [0.2, 0.25) is 11.8 Å². The maximum absolute atomic E-state index is 13.8. The minimum absolute atomic E-state index is 0.0557. The minimum Gasteiger partial charge on any atom is -0.469 e. The zero-order valence-electron chi connectivity index (χ0n) is 25.3. The van der Waals surface area contributed by atoms with E-state index in [2.05, 4.69) is 5.32 Å². The Kier molecular flexibility index (Phi) is 11.9. The Hall–Kier alpha value is -4.16. The van der Waals surface area contributed by atoms with Crippen molar-refractivity contribution in [2.24, 2.45) is 0 Å². The van der Waals surface area contributed by atoms with Gasteiger partial charge in [-0.2, -0.15) is 0 Å². The maximum Gasteiger partial charge on any atom is 0.408 e. The van der Waals surface area contributed by atoms with Gasteiger partial charge in [0, 0.05) is 13.1 Å². The maximum atomic E-state index is 13.8. The highest BCUT2D eigenvalue weighted by molar-refractivity contribution is 5.96. The predicted octanol–water partition coefficient (Wildman–Crippen LogP) is 1.96. The van der Waals surface area contributed by atoms with Crippen molar-refractivity contribution in [2.75, 3.05) is 26.7 Å². The van der Waals surface area contributed by atoms with E-state index in [-0.39, 0.29) is 26.2 Å². The van der Waals surface area contributed by atoms with Crippen molar-refractivity contribution in [2.45, 2.75) is 84.3 Å². The largest absolute Gasteiger partial charge is 0.469 e. The summed E-state index contributed by atoms with van der Waals surface area (Å²) in [6, 6.07) is 6.05. The molecule has 1 fully saturated rings. The fourth-order valence-corrected chi connectivity index (χ4v) is 4.04. The Morgan fingerprint density at radius 1 is 0.905 bits per heavy atom. The average Bonchev–Trinajstić information content (AvgIpc) is 2.87. The number of piperazine rings is 1. The van der Waals surface area contributed by atoms with Gasteiger partial charge >= 0.3 is 24.0 Å². The summed E-state index contributed by atoms with van der Waals surface area (Å²) in [4.78, 5) is 79.5. The van der Waals surface area contributed by atoms with Crippen LogP contribution in [0.5, 0.6) is 0 Å². The smallest absolute Gasteiger partial charge is 0.408 e. The van der Waals surface area contributed by atoms with Crippen molar-refractivity contribution < 1.29 is 47.7 Å². The Balaban J connectivity index is 2.27. The van der Waals surface area contributed by atoms with E-state index < -0.39 is 71.9 Å². The third kappa shape index (κ3) is 11.4. The SMILES string of the molecule is COC(=O)CC1C(=O)N(CC(=O)OC(C)(C)C)CCN1C(=O)C(CC(=O)OCc1ccccc1)NC(=O)OC(C)(C)C. The van der Waals surface area contributed by atoms with E-state index in [1.807, 2.05) is 6.07 Å². The number of esters is 3. The summed E-state index contributed by atoms with van der Waals surface area (Å²) in [5.74, 6) is -3.71. The van der Waals surface area contributed by atoms with E-state index >= 15 is 0 Å². The fourth-order valence-electron chi connectivity index (χ4n) is 4.04. The van der Waals surface area contributed by atoms with Gasteiger partial charge in [-0.15, -0.1) is 0 Å². The number of carbonyl (C=O) groups excluding carboxylic acids is 6. The van der Waals surface area contributed by atoms with Gasteiger partial charge in [0.05, 0.1) is 20.0 Å². The third-order valence-corrected chi connectivity index (χ3v) is 5.80. The number of amides is 3. The van der Waals surface area contributed by atoms with Crippen LogP contribution in [0.4, 0.5) is 4.79 Å². The number of nitrogens with one attached hydrogen (secondary N) is 1. The molecule has 2 unspecified atom stereocenters. The van der Waals surface area contributed by atoms with Crippen molar-refractivity contribution in [1.82, 2.24) is 15.1 Å². The molecule has 1 N–H and O–H groups in total. The molecule has 1 aliphatic heterocycles. The van der Waals surface area contributed by atoms with Crippen LogP contribution >= 0.6 is 0 Å². The standard InChI is InChI=1S/C29H41N3O10/c1-28(2,3)41-24(35)17-31-13-14-32(21(26(31)37)16-22(33)39-7)25(36)20(30-27(38)42-29(4,5)6)15-23(34)40-18-19-11-9-8-10-12-19/h8-12,20-21H,13-18H2,1-7H3,(H,30,38). The molecule has 0 spiro atoms. The number of benzene rings is 1. The molecule has 0 radical (unpaired) electrons. The van der Waals surface area contributed by atoms with Crippen molar-refractivity contribution in [3.63, 3.8) is 0 Å². The van der Waals surface area contributed by atoms with Crippen molar-refractivity contribution in [3.05, 3.63) is 35.9 Å². The lowest BCUT2D eigenvalue weighted by Gasteiger charge is -2.41. The van der Waals surface area contributed by atoms with Gasteiger partial charge in [0.15, 0.2) is 0 Å². The van der Waals surface area contributed by atoms with Crippen molar-refractivity contribution in [1.29, 1.82) is 0 Å². The zero-order chi connectivity index (χ0) is 31.7. The van der Waals surface area contributed by atoms with Gasteiger partial charge in [-0.1, -0.05) is 30.3 Å². The average molecular weight is 592 g/mol. The Morgan fingerprint density at radius 3 is 2.10 bits per heavy atom. The molecular weight excluding hydrogens is 550 g/mol. The third-order valence-electron chi connectivity index (χ3n) is 5.80. The van der Waals surface area contributed by atoms with Gasteiger partial charge in [-0.3, -0.25) is 24.0 Å². The first-order valence-electron chi connectivity index (χ1n) is 13.6. The number of nitrogens with zero attached hydrogens (tertiary/aromatic N) is 2. The molecule has 1 heterocycles. The molecule has 2 rings (SSSR count). The molecule has 1 saturated heterocycles. The van der Waals surface area contributed by atoms with Crippen LogP contribution in [0, 0.1) is 0 Å². The quantitative estimate of drug-likeness (QED) is 0.315. The van der Waals surface area contributed by atoms with Gasteiger partial charge in [0.1, 0.15) is 36.4 Å². The van der Waals surface area contributed by atoms with Crippen LogP contribution in [-0.4, -0.2) is 95.6 Å². The first-order chi connectivity index (χ1) is 19.5. The van der Waals surface area contributed by atoms with Gasteiger partial charge in [0.25, 0.3) is 0 Å². The number of carbonyl (C=O) groups is 6. The molecule has 232 valence electrons. The Bertz CT molecular complexity index is 1140. The number of hydrogen-bond acceptors (Lipinski definition) is 10. The van der Waals surface area contributed by atoms with E-state index in [0.29, 0.717) is 0 Å². The topological polar surface area (TPSA) is 158 Å². The normalized spacial score (nSPS) is 16.3. The monoisotopic (exact) mass is 591 g/mol. The summed E-state index contributed by atoms with van der Waals surface area (Å²) < 4.78 is 20.6. The summed E-state index contributed by atoms with van der Waals surface area (Å²) >= 11 is 0. The van der Waals surface area contributed by atoms with Crippen LogP contribution in [0.1, 0.15) is 59.9 Å². The summed E-state index contributed by atoms with van der Waals surface area (Å²) in [6.07, 6.45) is -2.04. The van der Waals surface area contributed by atoms with Crippen LogP contribution in [0.15, 0.2) is 30.3 Å². The molecule has 0 aromatic heterocycles. The number of ether oxygens (including phenoxy) is 4. The molecule has 1 aliphatic rings. The summed E-state index contributed by atoms with van der Waals surface area (Å²) in [7, 11) is 1.13. The summed E-state index contributed by atoms with van der Waals surface area (Å²) in [5.41, 5.74) is -0.958. The molecule has 42 heavy (non-hydrogen) atoms. The van der Waals surface area contributed by atoms with Crippen molar-refractivity contribution in [3.8, 4) is 0 Å². The van der Waals surface area contributed by atoms with Crippen LogP contribution in [0.2, 0.25) is 0 Å². The number of methoxy groups -OCH3 is 1. The first kappa shape index (κ1) is 34.0. The summed E-state index contributed by atoms with van der Waals surface area (Å²) in [5, 5.41) is 2.40. The first-order valence-corrected chi connectivity index (χ1v) is 13.6. The fraction of sp³-hybridized carbons (Fsp3) is 0.586. The van der Waals surface area contributed by atoms with Crippen LogP contribution in [0.25, 0.3) is 0 Å². The van der Waals surface area contributed by atoms with Crippen molar-refractivity contribution >= 4 is 35.8 Å². The zero-order valence-corrected chi connectivity index (χ0v) is 25.3. The minimum atomic E-state index is -1.48. The van der Waals surface area contributed by atoms with E-state index in [9.17, 15) is 28.8 Å². The number of rotatable bonds is 10.